The van der Waals surface area contributed by atoms with Crippen molar-refractivity contribution in [2.45, 2.75) is 76.2 Å². The largest absolute Gasteiger partial charge is 0.455 e. The second kappa shape index (κ2) is 17.9. The average Bonchev–Trinajstić information content (AvgIpc) is 3.72. The van der Waals surface area contributed by atoms with Crippen molar-refractivity contribution in [3.8, 4) is 11.5 Å². The van der Waals surface area contributed by atoms with Crippen molar-refractivity contribution in [2.75, 3.05) is 49.5 Å². The van der Waals surface area contributed by atoms with Crippen LogP contribution in [0.3, 0.4) is 0 Å². The van der Waals surface area contributed by atoms with Crippen LogP contribution in [0.2, 0.25) is 5.02 Å². The fourth-order valence-corrected chi connectivity index (χ4v) is 9.87. The van der Waals surface area contributed by atoms with Gasteiger partial charge in [-0.05, 0) is 111 Å². The van der Waals surface area contributed by atoms with Gasteiger partial charge in [0.1, 0.15) is 22.0 Å². The van der Waals surface area contributed by atoms with Crippen molar-refractivity contribution >= 4 is 61.3 Å². The Kier molecular flexibility index (Phi) is 12.5. The number of nitrogens with one attached hydrogen (secondary N) is 3. The molecule has 4 heterocycles. The normalized spacial score (nSPS) is 20.7. The van der Waals surface area contributed by atoms with Gasteiger partial charge in [0.2, 0.25) is 5.82 Å². The number of sulfonamides is 1. The number of carbonyl (C=O) groups excluding carboxylic acids is 1. The Hall–Kier alpha value is -5.55. The first-order chi connectivity index (χ1) is 30.0. The topological polar surface area (TPSA) is 196 Å². The molecule has 63 heavy (non-hydrogen) atoms. The van der Waals surface area contributed by atoms with Crippen LogP contribution in [-0.4, -0.2) is 89.1 Å². The van der Waals surface area contributed by atoms with E-state index in [0.29, 0.717) is 43.9 Å². The number of anilines is 2. The number of aromatic nitrogens is 3. The predicted molar refractivity (Wildman–Crippen MR) is 244 cm³/mol. The molecule has 3 aliphatic rings. The highest BCUT2D eigenvalue weighted by molar-refractivity contribution is 7.90. The van der Waals surface area contributed by atoms with Crippen LogP contribution in [-0.2, 0) is 10.0 Å². The molecule has 0 spiro atoms. The summed E-state index contributed by atoms with van der Waals surface area (Å²) in [5.74, 6) is -0.469. The van der Waals surface area contributed by atoms with Gasteiger partial charge >= 0.3 is 5.69 Å². The number of nitro groups is 1. The number of pyridine rings is 2. The number of hydrogen-bond donors (Lipinski definition) is 4. The third-order valence-corrected chi connectivity index (χ3v) is 14.2. The van der Waals surface area contributed by atoms with Gasteiger partial charge in [0, 0.05) is 73.7 Å². The number of halogens is 1. The molecule has 2 fully saturated rings. The molecule has 1 aliphatic heterocycles. The lowest BCUT2D eigenvalue weighted by molar-refractivity contribution is -0.384. The summed E-state index contributed by atoms with van der Waals surface area (Å²) >= 11 is 6.24. The lowest BCUT2D eigenvalue weighted by Gasteiger charge is -2.39. The van der Waals surface area contributed by atoms with Gasteiger partial charge in [-0.1, -0.05) is 43.2 Å². The minimum Gasteiger partial charge on any atom is -0.455 e. The summed E-state index contributed by atoms with van der Waals surface area (Å²) in [7, 11) is -4.64. The van der Waals surface area contributed by atoms with E-state index < -0.39 is 37.0 Å². The molecular weight excluding hydrogens is 844 g/mol. The van der Waals surface area contributed by atoms with E-state index in [2.05, 4.69) is 60.8 Å². The van der Waals surface area contributed by atoms with Crippen LogP contribution in [0.25, 0.3) is 16.6 Å². The Labute approximate surface area is 372 Å². The van der Waals surface area contributed by atoms with Gasteiger partial charge in [0.25, 0.3) is 15.9 Å². The Morgan fingerprint density at radius 1 is 1.00 bits per heavy atom. The molecule has 1 amide bonds. The fourth-order valence-electron chi connectivity index (χ4n) is 8.82. The first kappa shape index (κ1) is 44.1. The first-order valence-corrected chi connectivity index (χ1v) is 23.2. The summed E-state index contributed by atoms with van der Waals surface area (Å²) in [5, 5.41) is 26.9. The molecule has 2 aromatic carbocycles. The Morgan fingerprint density at radius 2 is 1.75 bits per heavy atom. The third-order valence-electron chi connectivity index (χ3n) is 12.7. The molecule has 3 aromatic heterocycles. The average molecular weight is 897 g/mol. The third kappa shape index (κ3) is 10.5. The lowest BCUT2D eigenvalue weighted by Crippen LogP contribution is -2.47. The van der Waals surface area contributed by atoms with E-state index in [0.717, 1.165) is 80.1 Å². The zero-order valence-electron chi connectivity index (χ0n) is 35.7. The second-order valence-electron chi connectivity index (χ2n) is 18.1. The van der Waals surface area contributed by atoms with Crippen LogP contribution in [0.15, 0.2) is 89.7 Å². The van der Waals surface area contributed by atoms with Gasteiger partial charge in [0.15, 0.2) is 0 Å². The van der Waals surface area contributed by atoms with Crippen LogP contribution >= 0.6 is 11.6 Å². The van der Waals surface area contributed by atoms with Gasteiger partial charge in [0.05, 0.1) is 28.5 Å². The van der Waals surface area contributed by atoms with Gasteiger partial charge in [-0.2, -0.15) is 0 Å². The molecule has 8 rings (SSSR count). The number of ether oxygens (including phenoxy) is 1. The van der Waals surface area contributed by atoms with E-state index in [1.54, 1.807) is 31.3 Å². The van der Waals surface area contributed by atoms with Crippen LogP contribution in [0.1, 0.15) is 81.6 Å². The quantitative estimate of drug-likeness (QED) is 0.0650. The number of allylic oxidation sites excluding steroid dienone is 1. The maximum atomic E-state index is 13.9. The maximum absolute atomic E-state index is 13.9. The summed E-state index contributed by atoms with van der Waals surface area (Å²) in [6, 6.07) is 17.7. The summed E-state index contributed by atoms with van der Waals surface area (Å²) in [6.45, 7) is 10.7. The van der Waals surface area contributed by atoms with Crippen molar-refractivity contribution in [2.24, 2.45) is 11.3 Å². The molecule has 1 saturated carbocycles. The highest BCUT2D eigenvalue weighted by Crippen LogP contribution is 2.43. The number of piperazine rings is 1. The van der Waals surface area contributed by atoms with Crippen LogP contribution in [0.4, 0.5) is 17.2 Å². The number of amides is 1. The number of nitrogens with zero attached hydrogens (tertiary/aromatic N) is 5. The molecule has 1 saturated heterocycles. The minimum absolute atomic E-state index is 0.0655. The van der Waals surface area contributed by atoms with E-state index in [1.807, 2.05) is 18.2 Å². The van der Waals surface area contributed by atoms with E-state index in [1.165, 1.54) is 29.0 Å². The highest BCUT2D eigenvalue weighted by Gasteiger charge is 2.32. The molecule has 0 atom stereocenters. The Balaban J connectivity index is 0.993. The van der Waals surface area contributed by atoms with E-state index >= 15 is 0 Å². The number of carbonyl (C=O) groups is 1. The molecule has 4 N–H and O–H groups in total. The van der Waals surface area contributed by atoms with Crippen molar-refractivity contribution in [1.29, 1.82) is 0 Å². The highest BCUT2D eigenvalue weighted by atomic mass is 35.5. The maximum Gasteiger partial charge on any atom is 0.312 e. The van der Waals surface area contributed by atoms with Crippen LogP contribution in [0, 0.1) is 21.4 Å². The molecule has 0 unspecified atom stereocenters. The van der Waals surface area contributed by atoms with Gasteiger partial charge < -0.3 is 25.0 Å². The molecule has 5 aromatic rings. The van der Waals surface area contributed by atoms with Gasteiger partial charge in [-0.15, -0.1) is 0 Å². The minimum atomic E-state index is -4.64. The van der Waals surface area contributed by atoms with E-state index in [4.69, 9.17) is 16.3 Å². The summed E-state index contributed by atoms with van der Waals surface area (Å²) in [6.07, 6.45) is 10.1. The molecule has 15 nitrogen and oxygen atoms in total. The number of rotatable bonds is 13. The van der Waals surface area contributed by atoms with Crippen molar-refractivity contribution in [1.82, 2.24) is 24.6 Å². The number of hydrogen-bond acceptors (Lipinski definition) is 12. The molecule has 0 radical (unpaired) electrons. The van der Waals surface area contributed by atoms with Crippen LogP contribution < -0.4 is 19.7 Å². The smallest absolute Gasteiger partial charge is 0.312 e. The molecule has 0 bridgehead atoms. The zero-order chi connectivity index (χ0) is 44.5. The number of H-pyrrole nitrogens is 1. The number of fused-ring (bicyclic) bond motifs is 1. The summed E-state index contributed by atoms with van der Waals surface area (Å²) in [5.41, 5.74) is 4.41. The van der Waals surface area contributed by atoms with Gasteiger partial charge in [-0.3, -0.25) is 19.8 Å². The molecule has 2 aliphatic carbocycles. The standard InChI is InChI=1S/C46H53ClN8O7S/c1-45(2)14-12-33(39(25-45)31-4-6-34(47)7-5-31)29-53-18-20-54(21-19-53)35-8-9-38(41(23-35)62-36-22-32-13-17-48-42(32)50-27-36)44(56)52-63(60,61)37-24-40(55(58)59)43(51-28-37)49-26-30-10-15-46(3,57)16-11-30/h4-9,13,17,22-24,27-28,30,57H,10-12,14-16,18-21,25-26,29H2,1-3H3,(H,48,50)(H,49,51)(H,52,56)/t30-,46-. The van der Waals surface area contributed by atoms with Gasteiger partial charge in [-0.25, -0.2) is 23.1 Å². The van der Waals surface area contributed by atoms with Crippen molar-refractivity contribution in [3.05, 3.63) is 111 Å². The Bertz CT molecular complexity index is 2650. The van der Waals surface area contributed by atoms with Crippen molar-refractivity contribution < 1.29 is 28.0 Å². The van der Waals surface area contributed by atoms with Crippen molar-refractivity contribution in [3.63, 3.8) is 0 Å². The zero-order valence-corrected chi connectivity index (χ0v) is 37.3. The Morgan fingerprint density at radius 3 is 2.48 bits per heavy atom. The first-order valence-electron chi connectivity index (χ1n) is 21.4. The summed E-state index contributed by atoms with van der Waals surface area (Å²) < 4.78 is 35.7. The number of aliphatic hydroxyl groups is 1. The van der Waals surface area contributed by atoms with E-state index in [-0.39, 0.29) is 28.5 Å². The second-order valence-corrected chi connectivity index (χ2v) is 20.2. The fraction of sp³-hybridized carbons (Fsp3) is 0.413. The molecular formula is C46H53ClN8O7S. The number of aromatic amines is 1. The number of benzene rings is 2. The van der Waals surface area contributed by atoms with Crippen LogP contribution in [0.5, 0.6) is 11.5 Å². The molecule has 17 heteroatoms. The SMILES string of the molecule is CC1(C)CCC(CN2CCN(c3ccc(C(=O)NS(=O)(=O)c4cnc(NC[C@H]5CC[C@](C)(O)CC5)c([N+](=O)[O-])c4)c(Oc4cnc5[nH]ccc5c4)c3)CC2)=C(c2ccc(Cl)cc2)C1. The lowest BCUT2D eigenvalue weighted by atomic mass is 9.72. The predicted octanol–water partition coefficient (Wildman–Crippen LogP) is 8.57. The monoisotopic (exact) mass is 896 g/mol. The molecule has 332 valence electrons. The van der Waals surface area contributed by atoms with E-state index in [9.17, 15) is 28.4 Å². The summed E-state index contributed by atoms with van der Waals surface area (Å²) in [4.78, 5) is 41.0.